The Morgan fingerprint density at radius 2 is 2.62 bits per heavy atom. The summed E-state index contributed by atoms with van der Waals surface area (Å²) in [5, 5.41) is 0. The van der Waals surface area contributed by atoms with Crippen LogP contribution in [0.4, 0.5) is 0 Å². The van der Waals surface area contributed by atoms with Crippen LogP contribution in [-0.2, 0) is 4.74 Å². The Labute approximate surface area is 49.6 Å². The van der Waals surface area contributed by atoms with Gasteiger partial charge in [0.2, 0.25) is 0 Å². The summed E-state index contributed by atoms with van der Waals surface area (Å²) >= 11 is 0. The van der Waals surface area contributed by atoms with Gasteiger partial charge in [-0.05, 0) is 12.8 Å². The fourth-order valence-electron chi connectivity index (χ4n) is 0.886. The van der Waals surface area contributed by atoms with Gasteiger partial charge in [-0.1, -0.05) is 0 Å². The van der Waals surface area contributed by atoms with Crippen molar-refractivity contribution in [1.82, 2.24) is 0 Å². The highest BCUT2D eigenvalue weighted by Gasteiger charge is 2.11. The van der Waals surface area contributed by atoms with E-state index in [1.807, 2.05) is 6.21 Å². The quantitative estimate of drug-likeness (QED) is 0.462. The number of nitrogens with zero attached hydrogens (tertiary/aromatic N) is 1. The van der Waals surface area contributed by atoms with E-state index in [1.54, 1.807) is 7.05 Å². The zero-order valence-electron chi connectivity index (χ0n) is 5.13. The molecule has 0 aromatic carbocycles. The topological polar surface area (TPSA) is 21.6 Å². The lowest BCUT2D eigenvalue weighted by molar-refractivity contribution is 0.162. The van der Waals surface area contributed by atoms with Crippen LogP contribution in [-0.4, -0.2) is 26.0 Å². The van der Waals surface area contributed by atoms with Crippen LogP contribution in [0.3, 0.4) is 0 Å². The molecule has 0 aromatic heterocycles. The van der Waals surface area contributed by atoms with Crippen molar-refractivity contribution in [2.45, 2.75) is 18.9 Å². The van der Waals surface area contributed by atoms with Crippen molar-refractivity contribution >= 4 is 6.21 Å². The average molecular weight is 113 g/mol. The maximum Gasteiger partial charge on any atom is 0.0922 e. The summed E-state index contributed by atoms with van der Waals surface area (Å²) in [6.45, 7) is 0.913. The van der Waals surface area contributed by atoms with Crippen LogP contribution in [0, 0.1) is 0 Å². The van der Waals surface area contributed by atoms with Gasteiger partial charge in [-0.15, -0.1) is 0 Å². The van der Waals surface area contributed by atoms with Crippen LogP contribution in [0.2, 0.25) is 0 Å². The predicted molar refractivity (Wildman–Crippen MR) is 33.4 cm³/mol. The fraction of sp³-hybridized carbons (Fsp3) is 0.833. The van der Waals surface area contributed by atoms with Gasteiger partial charge in [0, 0.05) is 19.9 Å². The van der Waals surface area contributed by atoms with Gasteiger partial charge >= 0.3 is 0 Å². The largest absolute Gasteiger partial charge is 0.373 e. The molecule has 1 heterocycles. The second-order valence-corrected chi connectivity index (χ2v) is 1.96. The molecule has 0 bridgehead atoms. The Morgan fingerprint density at radius 3 is 3.12 bits per heavy atom. The van der Waals surface area contributed by atoms with Crippen molar-refractivity contribution in [3.8, 4) is 0 Å². The molecule has 0 N–H and O–H groups in total. The van der Waals surface area contributed by atoms with Gasteiger partial charge in [-0.2, -0.15) is 0 Å². The van der Waals surface area contributed by atoms with Crippen LogP contribution in [0.1, 0.15) is 12.8 Å². The molecule has 0 aromatic rings. The monoisotopic (exact) mass is 113 g/mol. The van der Waals surface area contributed by atoms with Crippen LogP contribution >= 0.6 is 0 Å². The second kappa shape index (κ2) is 2.82. The van der Waals surface area contributed by atoms with E-state index in [0.717, 1.165) is 13.0 Å². The smallest absolute Gasteiger partial charge is 0.0922 e. The van der Waals surface area contributed by atoms with Crippen LogP contribution in [0.5, 0.6) is 0 Å². The fourth-order valence-corrected chi connectivity index (χ4v) is 0.886. The molecule has 0 aliphatic carbocycles. The lowest BCUT2D eigenvalue weighted by atomic mass is 10.3. The Balaban J connectivity index is 2.24. The first-order valence-corrected chi connectivity index (χ1v) is 2.97. The van der Waals surface area contributed by atoms with E-state index in [2.05, 4.69) is 4.99 Å². The highest BCUT2D eigenvalue weighted by Crippen LogP contribution is 2.08. The van der Waals surface area contributed by atoms with Gasteiger partial charge in [0.15, 0.2) is 0 Å². The highest BCUT2D eigenvalue weighted by molar-refractivity contribution is 5.63. The number of hydrogen-bond acceptors (Lipinski definition) is 2. The minimum Gasteiger partial charge on any atom is -0.373 e. The minimum absolute atomic E-state index is 0.319. The van der Waals surface area contributed by atoms with Crippen molar-refractivity contribution in [3.05, 3.63) is 0 Å². The molecule has 2 nitrogen and oxygen atoms in total. The molecule has 0 saturated carbocycles. The number of hydrogen-bond donors (Lipinski definition) is 0. The summed E-state index contributed by atoms with van der Waals surface area (Å²) in [6, 6.07) is 0. The normalized spacial score (nSPS) is 29.9. The van der Waals surface area contributed by atoms with E-state index in [1.165, 1.54) is 6.42 Å². The van der Waals surface area contributed by atoms with Gasteiger partial charge < -0.3 is 4.74 Å². The molecule has 8 heavy (non-hydrogen) atoms. The molecular weight excluding hydrogens is 102 g/mol. The Kier molecular flexibility index (Phi) is 2.03. The zero-order chi connectivity index (χ0) is 5.82. The minimum atomic E-state index is 0.319. The number of rotatable bonds is 1. The molecule has 1 saturated heterocycles. The van der Waals surface area contributed by atoms with Gasteiger partial charge in [0.1, 0.15) is 0 Å². The van der Waals surface area contributed by atoms with Crippen molar-refractivity contribution in [3.63, 3.8) is 0 Å². The Morgan fingerprint density at radius 1 is 1.75 bits per heavy atom. The maximum atomic E-state index is 5.24. The maximum absolute atomic E-state index is 5.24. The first-order valence-electron chi connectivity index (χ1n) is 2.97. The summed E-state index contributed by atoms with van der Waals surface area (Å²) in [5.74, 6) is 0. The van der Waals surface area contributed by atoms with Gasteiger partial charge in [-0.3, -0.25) is 4.99 Å². The number of aliphatic imine (C=N–C) groups is 1. The lowest BCUT2D eigenvalue weighted by Gasteiger charge is -1.97. The molecule has 1 aliphatic heterocycles. The lowest BCUT2D eigenvalue weighted by Crippen LogP contribution is -2.04. The third kappa shape index (κ3) is 1.30. The summed E-state index contributed by atoms with van der Waals surface area (Å²) in [5.41, 5.74) is 0. The Hall–Kier alpha value is -0.370. The molecule has 1 aliphatic rings. The Bertz CT molecular complexity index is 84.5. The van der Waals surface area contributed by atoms with Crippen molar-refractivity contribution in [2.24, 2.45) is 4.99 Å². The summed E-state index contributed by atoms with van der Waals surface area (Å²) in [6.07, 6.45) is 4.53. The molecule has 1 fully saturated rings. The van der Waals surface area contributed by atoms with E-state index in [9.17, 15) is 0 Å². The SMILES string of the molecule is CN=C[C@@H]1CCCO1. The predicted octanol–water partition coefficient (Wildman–Crippen LogP) is 0.866. The van der Waals surface area contributed by atoms with Crippen molar-refractivity contribution in [1.29, 1.82) is 0 Å². The van der Waals surface area contributed by atoms with Crippen LogP contribution in [0.15, 0.2) is 4.99 Å². The van der Waals surface area contributed by atoms with E-state index < -0.39 is 0 Å². The van der Waals surface area contributed by atoms with Crippen molar-refractivity contribution < 1.29 is 4.74 Å². The van der Waals surface area contributed by atoms with Gasteiger partial charge in [0.05, 0.1) is 6.10 Å². The molecule has 1 rings (SSSR count). The molecule has 1 atom stereocenters. The second-order valence-electron chi connectivity index (χ2n) is 1.96. The third-order valence-electron chi connectivity index (χ3n) is 1.28. The molecule has 0 amide bonds. The summed E-state index contributed by atoms with van der Waals surface area (Å²) in [4.78, 5) is 3.87. The number of ether oxygens (including phenoxy) is 1. The highest BCUT2D eigenvalue weighted by atomic mass is 16.5. The molecule has 46 valence electrons. The zero-order valence-corrected chi connectivity index (χ0v) is 5.13. The summed E-state index contributed by atoms with van der Waals surface area (Å²) < 4.78 is 5.24. The first-order chi connectivity index (χ1) is 3.93. The van der Waals surface area contributed by atoms with Crippen LogP contribution < -0.4 is 0 Å². The molecule has 0 spiro atoms. The first kappa shape index (κ1) is 5.76. The van der Waals surface area contributed by atoms with Crippen LogP contribution in [0.25, 0.3) is 0 Å². The molecular formula is C6H11NO. The molecule has 0 radical (unpaired) electrons. The van der Waals surface area contributed by atoms with E-state index in [0.29, 0.717) is 6.10 Å². The molecule has 0 unspecified atom stereocenters. The third-order valence-corrected chi connectivity index (χ3v) is 1.28. The van der Waals surface area contributed by atoms with Gasteiger partial charge in [-0.25, -0.2) is 0 Å². The average Bonchev–Trinajstić information content (AvgIpc) is 2.19. The van der Waals surface area contributed by atoms with E-state index >= 15 is 0 Å². The van der Waals surface area contributed by atoms with Crippen molar-refractivity contribution in [2.75, 3.05) is 13.7 Å². The standard InChI is InChI=1S/C6H11NO/c1-7-5-6-3-2-4-8-6/h5-6H,2-4H2,1H3/t6-/m0/s1. The summed E-state index contributed by atoms with van der Waals surface area (Å²) in [7, 11) is 1.78. The molecule has 2 heteroatoms. The van der Waals surface area contributed by atoms with E-state index in [-0.39, 0.29) is 0 Å². The van der Waals surface area contributed by atoms with Gasteiger partial charge in [0.25, 0.3) is 0 Å². The van der Waals surface area contributed by atoms with E-state index in [4.69, 9.17) is 4.74 Å².